The Morgan fingerprint density at radius 2 is 2.04 bits per heavy atom. The highest BCUT2D eigenvalue weighted by Crippen LogP contribution is 2.24. The SMILES string of the molecule is COCCN(CC(=O)Nc1nccs1)S(=O)(=O)c1cccc2cccnc12. The van der Waals surface area contributed by atoms with Gasteiger partial charge in [-0.1, -0.05) is 18.2 Å². The van der Waals surface area contributed by atoms with E-state index in [1.807, 2.05) is 0 Å². The molecule has 0 aliphatic heterocycles. The van der Waals surface area contributed by atoms with E-state index in [-0.39, 0.29) is 24.6 Å². The van der Waals surface area contributed by atoms with Crippen molar-refractivity contribution in [3.8, 4) is 0 Å². The lowest BCUT2D eigenvalue weighted by Gasteiger charge is -2.21. The van der Waals surface area contributed by atoms with Crippen molar-refractivity contribution >= 4 is 43.3 Å². The molecule has 0 spiro atoms. The molecule has 0 radical (unpaired) electrons. The number of thiazole rings is 1. The lowest BCUT2D eigenvalue weighted by atomic mass is 10.2. The Morgan fingerprint density at radius 3 is 2.78 bits per heavy atom. The van der Waals surface area contributed by atoms with Gasteiger partial charge in [-0.3, -0.25) is 9.78 Å². The van der Waals surface area contributed by atoms with E-state index in [0.29, 0.717) is 16.0 Å². The minimum absolute atomic E-state index is 0.0351. The number of pyridine rings is 1. The maximum absolute atomic E-state index is 13.2. The molecule has 1 amide bonds. The van der Waals surface area contributed by atoms with Crippen molar-refractivity contribution < 1.29 is 17.9 Å². The van der Waals surface area contributed by atoms with Crippen LogP contribution in [0.2, 0.25) is 0 Å². The maximum atomic E-state index is 13.2. The molecule has 0 unspecified atom stereocenters. The first kappa shape index (κ1) is 19.4. The highest BCUT2D eigenvalue weighted by Gasteiger charge is 2.28. The first-order valence-electron chi connectivity index (χ1n) is 8.04. The van der Waals surface area contributed by atoms with E-state index in [4.69, 9.17) is 4.74 Å². The van der Waals surface area contributed by atoms with Crippen LogP contribution in [0.1, 0.15) is 0 Å². The van der Waals surface area contributed by atoms with Gasteiger partial charge in [0.2, 0.25) is 15.9 Å². The highest BCUT2D eigenvalue weighted by molar-refractivity contribution is 7.89. The lowest BCUT2D eigenvalue weighted by molar-refractivity contribution is -0.116. The average Bonchev–Trinajstić information content (AvgIpc) is 3.17. The smallest absolute Gasteiger partial charge is 0.245 e. The van der Waals surface area contributed by atoms with Crippen LogP contribution in [0.25, 0.3) is 10.9 Å². The minimum atomic E-state index is -3.96. The second kappa shape index (κ2) is 8.53. The van der Waals surface area contributed by atoms with Crippen molar-refractivity contribution in [2.45, 2.75) is 4.90 Å². The van der Waals surface area contributed by atoms with E-state index in [0.717, 1.165) is 4.31 Å². The van der Waals surface area contributed by atoms with Gasteiger partial charge in [-0.2, -0.15) is 4.31 Å². The van der Waals surface area contributed by atoms with E-state index in [2.05, 4.69) is 15.3 Å². The van der Waals surface area contributed by atoms with Crippen LogP contribution in [0, 0.1) is 0 Å². The molecule has 10 heteroatoms. The molecule has 142 valence electrons. The Hall–Kier alpha value is -2.40. The number of hydrogen-bond donors (Lipinski definition) is 1. The number of sulfonamides is 1. The van der Waals surface area contributed by atoms with Gasteiger partial charge in [0.25, 0.3) is 0 Å². The fourth-order valence-corrected chi connectivity index (χ4v) is 4.60. The summed E-state index contributed by atoms with van der Waals surface area (Å²) in [6.07, 6.45) is 3.09. The number of nitrogens with zero attached hydrogens (tertiary/aromatic N) is 3. The van der Waals surface area contributed by atoms with E-state index in [1.54, 1.807) is 35.8 Å². The van der Waals surface area contributed by atoms with Crippen LogP contribution < -0.4 is 5.32 Å². The topological polar surface area (TPSA) is 101 Å². The predicted molar refractivity (Wildman–Crippen MR) is 103 cm³/mol. The molecular formula is C17H18N4O4S2. The number of methoxy groups -OCH3 is 1. The summed E-state index contributed by atoms with van der Waals surface area (Å²) < 4.78 is 32.6. The zero-order valence-corrected chi connectivity index (χ0v) is 16.2. The number of hydrogen-bond acceptors (Lipinski definition) is 7. The number of amides is 1. The largest absolute Gasteiger partial charge is 0.383 e. The first-order valence-corrected chi connectivity index (χ1v) is 10.4. The number of benzene rings is 1. The number of fused-ring (bicyclic) bond motifs is 1. The van der Waals surface area contributed by atoms with Crippen LogP contribution in [-0.4, -0.2) is 55.4 Å². The quantitative estimate of drug-likeness (QED) is 0.614. The summed E-state index contributed by atoms with van der Waals surface area (Å²) >= 11 is 1.26. The number of anilines is 1. The summed E-state index contributed by atoms with van der Waals surface area (Å²) in [6.45, 7) is -0.163. The second-order valence-electron chi connectivity index (χ2n) is 5.55. The molecule has 3 aromatic rings. The Morgan fingerprint density at radius 1 is 1.22 bits per heavy atom. The van der Waals surface area contributed by atoms with Gasteiger partial charge in [0, 0.05) is 36.8 Å². The molecule has 0 atom stereocenters. The summed E-state index contributed by atoms with van der Waals surface area (Å²) in [7, 11) is -2.49. The molecule has 27 heavy (non-hydrogen) atoms. The van der Waals surface area contributed by atoms with Gasteiger partial charge in [-0.15, -0.1) is 11.3 Å². The van der Waals surface area contributed by atoms with Gasteiger partial charge >= 0.3 is 0 Å². The minimum Gasteiger partial charge on any atom is -0.383 e. The molecule has 0 saturated heterocycles. The number of nitrogens with one attached hydrogen (secondary N) is 1. The fraction of sp³-hybridized carbons (Fsp3) is 0.235. The monoisotopic (exact) mass is 406 g/mol. The van der Waals surface area contributed by atoms with E-state index < -0.39 is 15.9 Å². The maximum Gasteiger partial charge on any atom is 0.245 e. The molecule has 8 nitrogen and oxygen atoms in total. The molecule has 1 aromatic carbocycles. The summed E-state index contributed by atoms with van der Waals surface area (Å²) in [6, 6.07) is 8.46. The van der Waals surface area contributed by atoms with Crippen LogP contribution in [0.5, 0.6) is 0 Å². The molecule has 1 N–H and O–H groups in total. The Bertz CT molecular complexity index is 1020. The summed E-state index contributed by atoms with van der Waals surface area (Å²) in [5.41, 5.74) is 0.364. The molecule has 3 rings (SSSR count). The third kappa shape index (κ3) is 4.48. The van der Waals surface area contributed by atoms with Crippen LogP contribution in [0.3, 0.4) is 0 Å². The Labute approximate surface area is 160 Å². The highest BCUT2D eigenvalue weighted by atomic mass is 32.2. The molecule has 0 aliphatic carbocycles. The Kier molecular flexibility index (Phi) is 6.11. The zero-order chi connectivity index (χ0) is 19.3. The normalized spacial score (nSPS) is 11.8. The van der Waals surface area contributed by atoms with Crippen LogP contribution >= 0.6 is 11.3 Å². The number of carbonyl (C=O) groups excluding carboxylic acids is 1. The molecule has 0 bridgehead atoms. The second-order valence-corrected chi connectivity index (χ2v) is 8.35. The standard InChI is InChI=1S/C17H18N4O4S2/c1-25-10-9-21(12-15(22)20-17-19-8-11-26-17)27(23,24)14-6-2-4-13-5-3-7-18-16(13)14/h2-8,11H,9-10,12H2,1H3,(H,19,20,22). The van der Waals surface area contributed by atoms with Crippen LogP contribution in [0.15, 0.2) is 53.0 Å². The van der Waals surface area contributed by atoms with Crippen molar-refractivity contribution in [3.05, 3.63) is 48.1 Å². The number of carbonyl (C=O) groups is 1. The van der Waals surface area contributed by atoms with Gasteiger partial charge in [0.05, 0.1) is 18.7 Å². The number of aromatic nitrogens is 2. The third-order valence-corrected chi connectivity index (χ3v) is 6.32. The van der Waals surface area contributed by atoms with Gasteiger partial charge in [-0.05, 0) is 12.1 Å². The third-order valence-electron chi connectivity index (χ3n) is 3.76. The summed E-state index contributed by atoms with van der Waals surface area (Å²) in [5, 5.41) is 5.43. The molecular weight excluding hydrogens is 388 g/mol. The van der Waals surface area contributed by atoms with Crippen molar-refractivity contribution in [2.75, 3.05) is 32.1 Å². The molecule has 0 aliphatic rings. The summed E-state index contributed by atoms with van der Waals surface area (Å²) in [5.74, 6) is -0.474. The number of rotatable bonds is 8. The Balaban J connectivity index is 1.91. The van der Waals surface area contributed by atoms with Crippen LogP contribution in [-0.2, 0) is 19.6 Å². The van der Waals surface area contributed by atoms with Gasteiger partial charge in [0.15, 0.2) is 5.13 Å². The average molecular weight is 406 g/mol. The number of ether oxygens (including phenoxy) is 1. The fourth-order valence-electron chi connectivity index (χ4n) is 2.50. The molecule has 0 fully saturated rings. The lowest BCUT2D eigenvalue weighted by Crippen LogP contribution is -2.40. The first-order chi connectivity index (χ1) is 13.0. The van der Waals surface area contributed by atoms with Crippen molar-refractivity contribution in [2.24, 2.45) is 0 Å². The van der Waals surface area contributed by atoms with E-state index in [9.17, 15) is 13.2 Å². The molecule has 2 aromatic heterocycles. The molecule has 2 heterocycles. The predicted octanol–water partition coefficient (Wildman–Crippen LogP) is 1.97. The van der Waals surface area contributed by atoms with Gasteiger partial charge < -0.3 is 10.1 Å². The van der Waals surface area contributed by atoms with Crippen LogP contribution in [0.4, 0.5) is 5.13 Å². The number of para-hydroxylation sites is 1. The molecule has 0 saturated carbocycles. The summed E-state index contributed by atoms with van der Waals surface area (Å²) in [4.78, 5) is 20.5. The van der Waals surface area contributed by atoms with E-state index >= 15 is 0 Å². The van der Waals surface area contributed by atoms with Crippen molar-refractivity contribution in [1.82, 2.24) is 14.3 Å². The van der Waals surface area contributed by atoms with Crippen molar-refractivity contribution in [3.63, 3.8) is 0 Å². The van der Waals surface area contributed by atoms with E-state index in [1.165, 1.54) is 30.7 Å². The van der Waals surface area contributed by atoms with Gasteiger partial charge in [-0.25, -0.2) is 13.4 Å². The van der Waals surface area contributed by atoms with Gasteiger partial charge in [0.1, 0.15) is 4.90 Å². The van der Waals surface area contributed by atoms with Crippen molar-refractivity contribution in [1.29, 1.82) is 0 Å². The zero-order valence-electron chi connectivity index (χ0n) is 14.5.